The van der Waals surface area contributed by atoms with Crippen LogP contribution in [0.3, 0.4) is 0 Å². The zero-order valence-electron chi connectivity index (χ0n) is 10.1. The third kappa shape index (κ3) is 2.54. The molecule has 2 atom stereocenters. The molecule has 0 aromatic carbocycles. The first-order valence-corrected chi connectivity index (χ1v) is 8.66. The van der Waals surface area contributed by atoms with Gasteiger partial charge in [0.25, 0.3) is 0 Å². The summed E-state index contributed by atoms with van der Waals surface area (Å²) in [6, 6.07) is 3.10. The highest BCUT2D eigenvalue weighted by Crippen LogP contribution is 2.38. The van der Waals surface area contributed by atoms with Gasteiger partial charge in [0.15, 0.2) is 0 Å². The molecule has 0 spiro atoms. The van der Waals surface area contributed by atoms with E-state index in [2.05, 4.69) is 39.2 Å². The fourth-order valence-corrected chi connectivity index (χ4v) is 4.99. The van der Waals surface area contributed by atoms with E-state index < -0.39 is 0 Å². The molecule has 0 radical (unpaired) electrons. The Labute approximate surface area is 124 Å². The fraction of sp³-hybridized carbons (Fsp3) is 0.462. The lowest BCUT2D eigenvalue weighted by Gasteiger charge is -2.26. The predicted octanol–water partition coefficient (Wildman–Crippen LogP) is 4.70. The molecule has 96 valence electrons. The van der Waals surface area contributed by atoms with Crippen molar-refractivity contribution >= 4 is 38.6 Å². The highest BCUT2D eigenvalue weighted by atomic mass is 79.9. The van der Waals surface area contributed by atoms with Crippen molar-refractivity contribution in [1.82, 2.24) is 10.3 Å². The van der Waals surface area contributed by atoms with Gasteiger partial charge in [-0.15, -0.1) is 22.7 Å². The average molecular weight is 343 g/mol. The number of hydrogen-bond donors (Lipinski definition) is 1. The van der Waals surface area contributed by atoms with Gasteiger partial charge < -0.3 is 5.32 Å². The van der Waals surface area contributed by atoms with Crippen LogP contribution in [0, 0.1) is 0 Å². The van der Waals surface area contributed by atoms with E-state index in [1.54, 1.807) is 11.3 Å². The van der Waals surface area contributed by atoms with Crippen molar-refractivity contribution in [3.05, 3.63) is 36.9 Å². The summed E-state index contributed by atoms with van der Waals surface area (Å²) in [6.45, 7) is 2.20. The van der Waals surface area contributed by atoms with Gasteiger partial charge in [0.05, 0.1) is 9.83 Å². The molecule has 2 heterocycles. The van der Waals surface area contributed by atoms with Gasteiger partial charge in [0.1, 0.15) is 5.01 Å². The van der Waals surface area contributed by atoms with Gasteiger partial charge in [-0.05, 0) is 53.7 Å². The first-order chi connectivity index (χ1) is 8.74. The molecule has 0 fully saturated rings. The average Bonchev–Trinajstić information content (AvgIpc) is 2.96. The number of nitrogens with zero attached hydrogens (tertiary/aromatic N) is 1. The van der Waals surface area contributed by atoms with Crippen molar-refractivity contribution in [2.24, 2.45) is 0 Å². The van der Waals surface area contributed by atoms with E-state index in [1.807, 2.05) is 22.9 Å². The molecule has 2 aromatic heterocycles. The first-order valence-electron chi connectivity index (χ1n) is 6.17. The van der Waals surface area contributed by atoms with E-state index in [-0.39, 0.29) is 0 Å². The Morgan fingerprint density at radius 2 is 2.44 bits per heavy atom. The number of thiazole rings is 1. The maximum Gasteiger partial charge on any atom is 0.109 e. The van der Waals surface area contributed by atoms with Crippen molar-refractivity contribution in [1.29, 1.82) is 0 Å². The zero-order valence-corrected chi connectivity index (χ0v) is 13.4. The number of nitrogens with one attached hydrogen (secondary N) is 1. The van der Waals surface area contributed by atoms with Gasteiger partial charge in [0.2, 0.25) is 0 Å². The van der Waals surface area contributed by atoms with Crippen LogP contribution in [-0.4, -0.2) is 4.98 Å². The van der Waals surface area contributed by atoms with Crippen molar-refractivity contribution in [3.8, 4) is 0 Å². The Hall–Kier alpha value is -0.230. The van der Waals surface area contributed by atoms with Gasteiger partial charge >= 0.3 is 0 Å². The monoisotopic (exact) mass is 342 g/mol. The number of rotatable bonds is 3. The van der Waals surface area contributed by atoms with Crippen LogP contribution in [-0.2, 0) is 6.42 Å². The van der Waals surface area contributed by atoms with Crippen molar-refractivity contribution in [2.45, 2.75) is 38.3 Å². The van der Waals surface area contributed by atoms with E-state index in [4.69, 9.17) is 0 Å². The molecule has 1 N–H and O–H groups in total. The van der Waals surface area contributed by atoms with E-state index in [9.17, 15) is 0 Å². The lowest BCUT2D eigenvalue weighted by molar-refractivity contribution is 0.417. The molecular weight excluding hydrogens is 328 g/mol. The smallest absolute Gasteiger partial charge is 0.109 e. The van der Waals surface area contributed by atoms with Gasteiger partial charge in [0, 0.05) is 22.5 Å². The molecule has 3 rings (SSSR count). The summed E-state index contributed by atoms with van der Waals surface area (Å²) in [5, 5.41) is 6.94. The molecule has 0 amide bonds. The number of halogens is 1. The minimum atomic E-state index is 0.333. The standard InChI is InChI=1S/C13H15BrN2S2/c1-8(13-15-5-6-17-13)16-10-3-2-4-11-9(10)7-12(14)18-11/h5-8,10,16H,2-4H2,1H3. The van der Waals surface area contributed by atoms with Crippen LogP contribution in [0.1, 0.15) is 47.3 Å². The third-order valence-electron chi connectivity index (χ3n) is 3.36. The minimum absolute atomic E-state index is 0.333. The quantitative estimate of drug-likeness (QED) is 0.874. The first kappa shape index (κ1) is 12.8. The molecule has 0 bridgehead atoms. The molecule has 2 nitrogen and oxygen atoms in total. The van der Waals surface area contributed by atoms with Crippen LogP contribution >= 0.6 is 38.6 Å². The minimum Gasteiger partial charge on any atom is -0.301 e. The Bertz CT molecular complexity index is 521. The van der Waals surface area contributed by atoms with Crippen LogP contribution in [0.25, 0.3) is 0 Å². The normalized spacial score (nSPS) is 20.7. The Kier molecular flexibility index (Phi) is 3.84. The molecular formula is C13H15BrN2S2. The fourth-order valence-electron chi connectivity index (χ4n) is 2.52. The van der Waals surface area contributed by atoms with Crippen LogP contribution < -0.4 is 5.32 Å². The van der Waals surface area contributed by atoms with Crippen molar-refractivity contribution < 1.29 is 0 Å². The molecule has 1 aliphatic carbocycles. The number of hydrogen-bond acceptors (Lipinski definition) is 4. The second kappa shape index (κ2) is 5.41. The van der Waals surface area contributed by atoms with Gasteiger partial charge in [-0.1, -0.05) is 0 Å². The van der Waals surface area contributed by atoms with Crippen molar-refractivity contribution in [3.63, 3.8) is 0 Å². The van der Waals surface area contributed by atoms with E-state index in [0.717, 1.165) is 0 Å². The molecule has 0 aliphatic heterocycles. The maximum atomic E-state index is 4.39. The predicted molar refractivity (Wildman–Crippen MR) is 81.4 cm³/mol. The summed E-state index contributed by atoms with van der Waals surface area (Å²) in [5.74, 6) is 0. The molecule has 2 aromatic rings. The lowest BCUT2D eigenvalue weighted by atomic mass is 9.93. The lowest BCUT2D eigenvalue weighted by Crippen LogP contribution is -2.26. The number of aromatic nitrogens is 1. The van der Waals surface area contributed by atoms with Crippen LogP contribution in [0.4, 0.5) is 0 Å². The largest absolute Gasteiger partial charge is 0.301 e. The van der Waals surface area contributed by atoms with Gasteiger partial charge in [-0.3, -0.25) is 0 Å². The summed E-state index contributed by atoms with van der Waals surface area (Å²) >= 11 is 7.21. The number of thiophene rings is 1. The van der Waals surface area contributed by atoms with Crippen LogP contribution in [0.5, 0.6) is 0 Å². The number of aryl methyl sites for hydroxylation is 1. The molecule has 1 aliphatic rings. The second-order valence-corrected chi connectivity index (χ2v) is 8.07. The molecule has 5 heteroatoms. The summed E-state index contributed by atoms with van der Waals surface area (Å²) in [4.78, 5) is 5.93. The van der Waals surface area contributed by atoms with Crippen LogP contribution in [0.15, 0.2) is 21.4 Å². The Balaban J connectivity index is 1.78. The summed E-state index contributed by atoms with van der Waals surface area (Å²) in [6.07, 6.45) is 5.62. The topological polar surface area (TPSA) is 24.9 Å². The van der Waals surface area contributed by atoms with E-state index in [0.29, 0.717) is 12.1 Å². The Morgan fingerprint density at radius 3 is 3.22 bits per heavy atom. The third-order valence-corrected chi connectivity index (χ3v) is 6.03. The van der Waals surface area contributed by atoms with E-state index in [1.165, 1.54) is 38.5 Å². The summed E-state index contributed by atoms with van der Waals surface area (Å²) in [7, 11) is 0. The second-order valence-electron chi connectivity index (χ2n) is 4.63. The summed E-state index contributed by atoms with van der Waals surface area (Å²) < 4.78 is 1.25. The summed E-state index contributed by atoms with van der Waals surface area (Å²) in [5.41, 5.74) is 1.49. The van der Waals surface area contributed by atoms with Gasteiger partial charge in [-0.2, -0.15) is 0 Å². The molecule has 0 saturated carbocycles. The number of fused-ring (bicyclic) bond motifs is 1. The van der Waals surface area contributed by atoms with E-state index >= 15 is 0 Å². The van der Waals surface area contributed by atoms with Crippen molar-refractivity contribution in [2.75, 3.05) is 0 Å². The molecule has 18 heavy (non-hydrogen) atoms. The maximum absolute atomic E-state index is 4.39. The Morgan fingerprint density at radius 1 is 1.56 bits per heavy atom. The highest BCUT2D eigenvalue weighted by Gasteiger charge is 2.24. The SMILES string of the molecule is CC(NC1CCCc2sc(Br)cc21)c1nccs1. The molecule has 2 unspecified atom stereocenters. The highest BCUT2D eigenvalue weighted by molar-refractivity contribution is 9.11. The zero-order chi connectivity index (χ0) is 12.5. The molecule has 0 saturated heterocycles. The van der Waals surface area contributed by atoms with Crippen LogP contribution in [0.2, 0.25) is 0 Å². The van der Waals surface area contributed by atoms with Gasteiger partial charge in [-0.25, -0.2) is 4.98 Å².